The first-order chi connectivity index (χ1) is 8.25. The van der Waals surface area contributed by atoms with Gasteiger partial charge in [0.2, 0.25) is 0 Å². The molecule has 2 atom stereocenters. The van der Waals surface area contributed by atoms with Crippen LogP contribution in [0, 0.1) is 11.3 Å². The summed E-state index contributed by atoms with van der Waals surface area (Å²) >= 11 is 6.12. The fourth-order valence-corrected chi connectivity index (χ4v) is 2.05. The highest BCUT2D eigenvalue weighted by Gasteiger charge is 2.23. The molecule has 0 aliphatic heterocycles. The predicted octanol–water partition coefficient (Wildman–Crippen LogP) is 4.42. The zero-order valence-electron chi connectivity index (χ0n) is 12.0. The molecule has 0 aliphatic carbocycles. The summed E-state index contributed by atoms with van der Waals surface area (Å²) in [6, 6.07) is 5.78. The third kappa shape index (κ3) is 3.89. The molecule has 0 fully saturated rings. The molecular formula is C15H24ClNO. The summed E-state index contributed by atoms with van der Waals surface area (Å²) in [6.07, 6.45) is 0.951. The van der Waals surface area contributed by atoms with Crippen LogP contribution >= 0.6 is 11.6 Å². The second-order valence-corrected chi connectivity index (χ2v) is 6.41. The van der Waals surface area contributed by atoms with E-state index in [4.69, 9.17) is 22.1 Å². The Labute approximate surface area is 115 Å². The molecule has 0 radical (unpaired) electrons. The molecule has 0 saturated carbocycles. The van der Waals surface area contributed by atoms with Crippen LogP contribution in [0.15, 0.2) is 18.2 Å². The van der Waals surface area contributed by atoms with E-state index in [1.165, 1.54) is 0 Å². The summed E-state index contributed by atoms with van der Waals surface area (Å²) in [6.45, 7) is 8.97. The molecule has 0 spiro atoms. The van der Waals surface area contributed by atoms with Crippen molar-refractivity contribution in [2.75, 3.05) is 7.11 Å². The maximum atomic E-state index is 6.25. The molecule has 1 aromatic carbocycles. The van der Waals surface area contributed by atoms with Gasteiger partial charge in [0.1, 0.15) is 5.75 Å². The Hall–Kier alpha value is -0.730. The molecule has 0 heterocycles. The van der Waals surface area contributed by atoms with Crippen molar-refractivity contribution in [2.24, 2.45) is 17.1 Å². The van der Waals surface area contributed by atoms with Gasteiger partial charge in [-0.25, -0.2) is 0 Å². The van der Waals surface area contributed by atoms with Crippen LogP contribution in [0.1, 0.15) is 45.7 Å². The third-order valence-electron chi connectivity index (χ3n) is 3.69. The maximum absolute atomic E-state index is 6.25. The highest BCUT2D eigenvalue weighted by Crippen LogP contribution is 2.34. The van der Waals surface area contributed by atoms with E-state index >= 15 is 0 Å². The molecule has 0 aromatic heterocycles. The number of rotatable bonds is 4. The molecule has 0 aliphatic rings. The average molecular weight is 270 g/mol. The number of methoxy groups -OCH3 is 1. The second-order valence-electron chi connectivity index (χ2n) is 6.00. The summed E-state index contributed by atoms with van der Waals surface area (Å²) in [5, 5.41) is 0.619. The minimum atomic E-state index is 0.0163. The van der Waals surface area contributed by atoms with Crippen molar-refractivity contribution in [2.45, 2.75) is 40.2 Å². The van der Waals surface area contributed by atoms with Gasteiger partial charge in [-0.3, -0.25) is 0 Å². The summed E-state index contributed by atoms with van der Waals surface area (Å²) in [5.41, 5.74) is 7.59. The normalized spacial score (nSPS) is 15.3. The highest BCUT2D eigenvalue weighted by molar-refractivity contribution is 6.32. The lowest BCUT2D eigenvalue weighted by Crippen LogP contribution is -2.23. The molecule has 3 heteroatoms. The summed E-state index contributed by atoms with van der Waals surface area (Å²) in [5.74, 6) is 1.24. The molecule has 2 N–H and O–H groups in total. The Kier molecular flexibility index (Phi) is 5.06. The standard InChI is InChI=1S/C15H24ClNO/c1-10(15(2,3)4)8-13(17)11-6-7-14(18-5)12(16)9-11/h6-7,9-10,13H,8,17H2,1-5H3. The van der Waals surface area contributed by atoms with Gasteiger partial charge in [-0.05, 0) is 35.4 Å². The lowest BCUT2D eigenvalue weighted by atomic mass is 9.78. The number of benzene rings is 1. The first-order valence-electron chi connectivity index (χ1n) is 6.34. The SMILES string of the molecule is COc1ccc(C(N)CC(C)C(C)(C)C)cc1Cl. The van der Waals surface area contributed by atoms with E-state index in [1.807, 2.05) is 18.2 Å². The van der Waals surface area contributed by atoms with E-state index < -0.39 is 0 Å². The fraction of sp³-hybridized carbons (Fsp3) is 0.600. The zero-order chi connectivity index (χ0) is 13.9. The minimum Gasteiger partial charge on any atom is -0.495 e. The van der Waals surface area contributed by atoms with Gasteiger partial charge in [0.05, 0.1) is 12.1 Å². The largest absolute Gasteiger partial charge is 0.495 e. The highest BCUT2D eigenvalue weighted by atomic mass is 35.5. The van der Waals surface area contributed by atoms with Crippen LogP contribution in [0.25, 0.3) is 0 Å². The minimum absolute atomic E-state index is 0.0163. The summed E-state index contributed by atoms with van der Waals surface area (Å²) in [7, 11) is 1.61. The van der Waals surface area contributed by atoms with Crippen LogP contribution in [0.5, 0.6) is 5.75 Å². The van der Waals surface area contributed by atoms with Gasteiger partial charge in [0, 0.05) is 6.04 Å². The quantitative estimate of drug-likeness (QED) is 0.878. The van der Waals surface area contributed by atoms with Crippen molar-refractivity contribution < 1.29 is 4.74 Å². The smallest absolute Gasteiger partial charge is 0.137 e. The van der Waals surface area contributed by atoms with Crippen LogP contribution in [-0.4, -0.2) is 7.11 Å². The molecule has 0 saturated heterocycles. The molecular weight excluding hydrogens is 246 g/mol. The van der Waals surface area contributed by atoms with Crippen LogP contribution in [-0.2, 0) is 0 Å². The van der Waals surface area contributed by atoms with Crippen molar-refractivity contribution in [3.63, 3.8) is 0 Å². The Morgan fingerprint density at radius 2 is 1.94 bits per heavy atom. The van der Waals surface area contributed by atoms with Crippen LogP contribution in [0.4, 0.5) is 0 Å². The van der Waals surface area contributed by atoms with E-state index in [2.05, 4.69) is 27.7 Å². The predicted molar refractivity (Wildman–Crippen MR) is 78.2 cm³/mol. The van der Waals surface area contributed by atoms with Gasteiger partial charge < -0.3 is 10.5 Å². The average Bonchev–Trinajstić information content (AvgIpc) is 2.27. The molecule has 2 unspecified atom stereocenters. The topological polar surface area (TPSA) is 35.2 Å². The molecule has 0 amide bonds. The monoisotopic (exact) mass is 269 g/mol. The Morgan fingerprint density at radius 3 is 2.39 bits per heavy atom. The van der Waals surface area contributed by atoms with Gasteiger partial charge in [-0.1, -0.05) is 45.4 Å². The van der Waals surface area contributed by atoms with E-state index in [0.29, 0.717) is 16.7 Å². The van der Waals surface area contributed by atoms with E-state index in [0.717, 1.165) is 12.0 Å². The Bertz CT molecular complexity index is 398. The van der Waals surface area contributed by atoms with Crippen molar-refractivity contribution in [1.82, 2.24) is 0 Å². The molecule has 0 bridgehead atoms. The fourth-order valence-electron chi connectivity index (χ4n) is 1.78. The summed E-state index contributed by atoms with van der Waals surface area (Å²) < 4.78 is 5.14. The molecule has 1 rings (SSSR count). The summed E-state index contributed by atoms with van der Waals surface area (Å²) in [4.78, 5) is 0. The van der Waals surface area contributed by atoms with Gasteiger partial charge in [-0.2, -0.15) is 0 Å². The van der Waals surface area contributed by atoms with E-state index in [9.17, 15) is 0 Å². The van der Waals surface area contributed by atoms with Gasteiger partial charge in [0.15, 0.2) is 0 Å². The van der Waals surface area contributed by atoms with E-state index in [-0.39, 0.29) is 11.5 Å². The molecule has 102 valence electrons. The zero-order valence-corrected chi connectivity index (χ0v) is 12.7. The van der Waals surface area contributed by atoms with Crippen molar-refractivity contribution in [3.8, 4) is 5.75 Å². The van der Waals surface area contributed by atoms with Crippen LogP contribution in [0.3, 0.4) is 0 Å². The number of hydrogen-bond acceptors (Lipinski definition) is 2. The number of nitrogens with two attached hydrogens (primary N) is 1. The lowest BCUT2D eigenvalue weighted by molar-refractivity contribution is 0.234. The van der Waals surface area contributed by atoms with Gasteiger partial charge in [0.25, 0.3) is 0 Å². The second kappa shape index (κ2) is 5.94. The number of hydrogen-bond donors (Lipinski definition) is 1. The van der Waals surface area contributed by atoms with Crippen LogP contribution in [0.2, 0.25) is 5.02 Å². The Balaban J connectivity index is 2.79. The van der Waals surface area contributed by atoms with Gasteiger partial charge >= 0.3 is 0 Å². The van der Waals surface area contributed by atoms with Crippen LogP contribution < -0.4 is 10.5 Å². The number of ether oxygens (including phenoxy) is 1. The first kappa shape index (κ1) is 15.3. The molecule has 1 aromatic rings. The first-order valence-corrected chi connectivity index (χ1v) is 6.72. The van der Waals surface area contributed by atoms with Gasteiger partial charge in [-0.15, -0.1) is 0 Å². The van der Waals surface area contributed by atoms with E-state index in [1.54, 1.807) is 7.11 Å². The van der Waals surface area contributed by atoms with Crippen molar-refractivity contribution in [3.05, 3.63) is 28.8 Å². The lowest BCUT2D eigenvalue weighted by Gasteiger charge is -2.29. The maximum Gasteiger partial charge on any atom is 0.137 e. The molecule has 18 heavy (non-hydrogen) atoms. The van der Waals surface area contributed by atoms with Crippen molar-refractivity contribution in [1.29, 1.82) is 0 Å². The third-order valence-corrected chi connectivity index (χ3v) is 3.99. The van der Waals surface area contributed by atoms with Crippen molar-refractivity contribution >= 4 is 11.6 Å². The Morgan fingerprint density at radius 1 is 1.33 bits per heavy atom. The molecule has 2 nitrogen and oxygen atoms in total. The number of halogens is 1.